The number of phenolic OH excluding ortho intramolecular Hbond substituents is 1. The van der Waals surface area contributed by atoms with E-state index in [1.54, 1.807) is 6.08 Å². The van der Waals surface area contributed by atoms with Gasteiger partial charge in [-0.05, 0) is 63.8 Å². The first-order chi connectivity index (χ1) is 17.8. The van der Waals surface area contributed by atoms with Crippen molar-refractivity contribution in [3.8, 4) is 29.1 Å². The van der Waals surface area contributed by atoms with Crippen molar-refractivity contribution < 1.29 is 19.3 Å². The lowest BCUT2D eigenvalue weighted by molar-refractivity contribution is -0.0736. The second-order valence-electron chi connectivity index (χ2n) is 10.8. The molecule has 4 heterocycles. The molecule has 2 aromatic rings. The molecular weight excluding hydrogens is 466 g/mol. The third-order valence-corrected chi connectivity index (χ3v) is 9.17. The Bertz CT molecular complexity index is 1350. The maximum atomic E-state index is 11.4. The number of hydrogen-bond acceptors (Lipinski definition) is 7. The van der Waals surface area contributed by atoms with Crippen LogP contribution in [0.5, 0.6) is 23.0 Å². The molecule has 2 bridgehead atoms. The first-order valence-corrected chi connectivity index (χ1v) is 13.2. The number of hydrogen-bond donors (Lipinski definition) is 1. The molecule has 0 aliphatic carbocycles. The van der Waals surface area contributed by atoms with Gasteiger partial charge in [0.2, 0.25) is 6.79 Å². The number of fused-ring (bicyclic) bond motifs is 9. The van der Waals surface area contributed by atoms with E-state index in [-0.39, 0.29) is 37.0 Å². The molecule has 1 saturated heterocycles. The molecule has 5 atom stereocenters. The summed E-state index contributed by atoms with van der Waals surface area (Å²) < 4.78 is 18.3. The van der Waals surface area contributed by atoms with Crippen molar-refractivity contribution in [2.24, 2.45) is 0 Å². The van der Waals surface area contributed by atoms with Gasteiger partial charge in [-0.25, -0.2) is 0 Å². The minimum Gasteiger partial charge on any atom is -0.507 e. The van der Waals surface area contributed by atoms with Gasteiger partial charge in [0.15, 0.2) is 11.5 Å². The molecule has 4 aliphatic rings. The summed E-state index contributed by atoms with van der Waals surface area (Å²) in [5, 5.41) is 22.0. The predicted molar refractivity (Wildman–Crippen MR) is 140 cm³/mol. The van der Waals surface area contributed by atoms with Gasteiger partial charge in [0, 0.05) is 40.4 Å². The van der Waals surface area contributed by atoms with E-state index in [0.717, 1.165) is 69.0 Å². The average molecular weight is 502 g/mol. The second kappa shape index (κ2) is 8.68. The summed E-state index contributed by atoms with van der Waals surface area (Å²) in [6.07, 6.45) is 3.99. The van der Waals surface area contributed by atoms with Gasteiger partial charge in [-0.15, -0.1) is 0 Å². The SMILES string of the molecule is C=CCOc1c(C)c2c(c3c1CC1C4c5c(cc(C)c(C)c5O)C[C@@H]([C@H](C#N)N1[C@H]3CC)N4C)OCO2. The van der Waals surface area contributed by atoms with Gasteiger partial charge >= 0.3 is 0 Å². The fourth-order valence-electron chi connectivity index (χ4n) is 7.44. The molecule has 194 valence electrons. The second-order valence-corrected chi connectivity index (χ2v) is 10.8. The van der Waals surface area contributed by atoms with E-state index in [0.29, 0.717) is 18.8 Å². The lowest BCUT2D eigenvalue weighted by Crippen LogP contribution is -2.68. The Kier molecular flexibility index (Phi) is 5.66. The van der Waals surface area contributed by atoms with E-state index >= 15 is 0 Å². The smallest absolute Gasteiger partial charge is 0.231 e. The van der Waals surface area contributed by atoms with Crippen LogP contribution in [0.4, 0.5) is 0 Å². The Morgan fingerprint density at radius 3 is 2.62 bits per heavy atom. The van der Waals surface area contributed by atoms with Crippen LogP contribution < -0.4 is 14.2 Å². The van der Waals surface area contributed by atoms with Gasteiger partial charge in [0.05, 0.1) is 12.1 Å². The lowest BCUT2D eigenvalue weighted by Gasteiger charge is -2.60. The van der Waals surface area contributed by atoms with Crippen LogP contribution in [-0.2, 0) is 12.8 Å². The molecule has 6 rings (SSSR count). The van der Waals surface area contributed by atoms with Crippen molar-refractivity contribution in [2.45, 2.75) is 77.2 Å². The summed E-state index contributed by atoms with van der Waals surface area (Å²) in [4.78, 5) is 4.76. The van der Waals surface area contributed by atoms with Gasteiger partial charge in [0.1, 0.15) is 24.1 Å². The molecule has 2 aromatic carbocycles. The van der Waals surface area contributed by atoms with E-state index < -0.39 is 0 Å². The van der Waals surface area contributed by atoms with E-state index in [9.17, 15) is 10.4 Å². The number of phenols is 1. The van der Waals surface area contributed by atoms with E-state index in [4.69, 9.17) is 14.2 Å². The summed E-state index contributed by atoms with van der Waals surface area (Å²) in [6, 6.07) is 4.56. The molecule has 1 fully saturated rings. The Balaban J connectivity index is 1.61. The fourth-order valence-corrected chi connectivity index (χ4v) is 7.44. The number of piperazine rings is 1. The van der Waals surface area contributed by atoms with E-state index in [2.05, 4.69) is 49.4 Å². The molecule has 7 nitrogen and oxygen atoms in total. The van der Waals surface area contributed by atoms with E-state index in [1.807, 2.05) is 13.8 Å². The minimum absolute atomic E-state index is 0.0127. The molecule has 7 heteroatoms. The number of aryl methyl sites for hydroxylation is 1. The Labute approximate surface area is 218 Å². The number of ether oxygens (including phenoxy) is 3. The number of nitrogens with zero attached hydrogens (tertiary/aromatic N) is 3. The molecule has 0 aromatic heterocycles. The van der Waals surface area contributed by atoms with Gasteiger partial charge in [-0.3, -0.25) is 9.80 Å². The van der Waals surface area contributed by atoms with Crippen LogP contribution in [0.25, 0.3) is 0 Å². The van der Waals surface area contributed by atoms with Gasteiger partial charge < -0.3 is 19.3 Å². The lowest BCUT2D eigenvalue weighted by atomic mass is 9.71. The molecular formula is C30H35N3O4. The number of rotatable bonds is 4. The summed E-state index contributed by atoms with van der Waals surface area (Å²) in [7, 11) is 2.12. The number of likely N-dealkylation sites (N-methyl/N-ethyl adjacent to an activating group) is 1. The average Bonchev–Trinajstić information content (AvgIpc) is 3.37. The fraction of sp³-hybridized carbons (Fsp3) is 0.500. The van der Waals surface area contributed by atoms with Crippen LogP contribution in [0.2, 0.25) is 0 Å². The molecule has 4 aliphatic heterocycles. The van der Waals surface area contributed by atoms with Gasteiger partial charge in [-0.1, -0.05) is 25.6 Å². The number of nitriles is 1. The Morgan fingerprint density at radius 1 is 1.16 bits per heavy atom. The monoisotopic (exact) mass is 501 g/mol. The quantitative estimate of drug-likeness (QED) is 0.604. The highest BCUT2D eigenvalue weighted by molar-refractivity contribution is 5.66. The minimum atomic E-state index is -0.293. The summed E-state index contributed by atoms with van der Waals surface area (Å²) in [6.45, 7) is 12.7. The van der Waals surface area contributed by atoms with Crippen LogP contribution in [0.3, 0.4) is 0 Å². The maximum Gasteiger partial charge on any atom is 0.231 e. The highest BCUT2D eigenvalue weighted by atomic mass is 16.7. The van der Waals surface area contributed by atoms with Crippen molar-refractivity contribution in [3.05, 3.63) is 57.7 Å². The Hall–Kier alpha value is -3.21. The van der Waals surface area contributed by atoms with Crippen LogP contribution in [-0.4, -0.2) is 53.5 Å². The molecule has 2 unspecified atom stereocenters. The zero-order valence-electron chi connectivity index (χ0n) is 22.3. The zero-order valence-corrected chi connectivity index (χ0v) is 22.3. The van der Waals surface area contributed by atoms with Crippen molar-refractivity contribution in [3.63, 3.8) is 0 Å². The highest BCUT2D eigenvalue weighted by Gasteiger charge is 2.56. The summed E-state index contributed by atoms with van der Waals surface area (Å²) in [5.74, 6) is 2.76. The molecule has 37 heavy (non-hydrogen) atoms. The van der Waals surface area contributed by atoms with Crippen LogP contribution in [0, 0.1) is 32.1 Å². The standard InChI is InChI=1S/C30H35N3O4/c1-7-9-35-28-17(5)29-30(37-14-36-29)25-19(28)12-22-26-24-18(10-15(3)16(4)27(24)34)11-21(32(26)6)23(13-31)33(22)20(25)8-2/h7,10,20-23,26,34H,1,8-9,11-12,14H2,2-6H3/t20-,21-,22?,23-,26?/m0/s1. The number of benzene rings is 2. The highest BCUT2D eigenvalue weighted by Crippen LogP contribution is 2.58. The van der Waals surface area contributed by atoms with Gasteiger partial charge in [0.25, 0.3) is 0 Å². The van der Waals surface area contributed by atoms with Crippen molar-refractivity contribution in [2.75, 3.05) is 20.4 Å². The third-order valence-electron chi connectivity index (χ3n) is 9.17. The first kappa shape index (κ1) is 24.1. The first-order valence-electron chi connectivity index (χ1n) is 13.2. The van der Waals surface area contributed by atoms with Crippen molar-refractivity contribution in [1.29, 1.82) is 5.26 Å². The van der Waals surface area contributed by atoms with Crippen LogP contribution in [0.1, 0.15) is 64.4 Å². The van der Waals surface area contributed by atoms with E-state index in [1.165, 1.54) is 0 Å². The summed E-state index contributed by atoms with van der Waals surface area (Å²) in [5.41, 5.74) is 7.34. The summed E-state index contributed by atoms with van der Waals surface area (Å²) >= 11 is 0. The normalized spacial score (nSPS) is 27.6. The molecule has 1 N–H and O–H groups in total. The third kappa shape index (κ3) is 3.19. The number of aromatic hydroxyl groups is 1. The zero-order chi connectivity index (χ0) is 26.2. The molecule has 0 amide bonds. The Morgan fingerprint density at radius 2 is 1.92 bits per heavy atom. The van der Waals surface area contributed by atoms with Gasteiger partial charge in [-0.2, -0.15) is 5.26 Å². The van der Waals surface area contributed by atoms with Crippen LogP contribution in [0.15, 0.2) is 18.7 Å². The topological polar surface area (TPSA) is 78.2 Å². The van der Waals surface area contributed by atoms with Crippen molar-refractivity contribution in [1.82, 2.24) is 9.80 Å². The predicted octanol–water partition coefficient (Wildman–Crippen LogP) is 4.79. The molecule has 0 spiro atoms. The largest absolute Gasteiger partial charge is 0.507 e. The molecule has 0 saturated carbocycles. The van der Waals surface area contributed by atoms with Crippen molar-refractivity contribution >= 4 is 0 Å². The molecule has 0 radical (unpaired) electrons. The maximum absolute atomic E-state index is 11.4. The van der Waals surface area contributed by atoms with Crippen LogP contribution >= 0.6 is 0 Å².